The fourth-order valence-electron chi connectivity index (χ4n) is 0. The van der Waals surface area contributed by atoms with Crippen molar-refractivity contribution in [1.82, 2.24) is 0 Å². The van der Waals surface area contributed by atoms with Crippen LogP contribution in [0.2, 0.25) is 0 Å². The van der Waals surface area contributed by atoms with Gasteiger partial charge in [-0.25, -0.2) is 0 Å². The van der Waals surface area contributed by atoms with Crippen molar-refractivity contribution < 1.29 is 35.0 Å². The number of hydrogen-bond acceptors (Lipinski definition) is 0. The van der Waals surface area contributed by atoms with Gasteiger partial charge in [0.2, 0.25) is 0 Å². The summed E-state index contributed by atoms with van der Waals surface area (Å²) in [5, 5.41) is 0. The molecule has 4 N–H and O–H groups in total. The van der Waals surface area contributed by atoms with Gasteiger partial charge in [-0.1, -0.05) is 0 Å². The summed E-state index contributed by atoms with van der Waals surface area (Å²) in [5.74, 6) is 0. The molecule has 35 valence electrons. The predicted molar refractivity (Wildman–Crippen MR) is 9.44 cm³/mol. The van der Waals surface area contributed by atoms with Crippen LogP contribution in [0.25, 0.3) is 0 Å². The first-order valence-corrected chi connectivity index (χ1v) is 1.39. The normalized spacial score (nSPS) is 2.80. The molecule has 0 rings (SSSR count). The SMILES string of the molecule is O.O.[F][V][F]. The minimum atomic E-state index is -2.31. The van der Waals surface area contributed by atoms with E-state index in [2.05, 4.69) is 0 Å². The maximum atomic E-state index is 9.72. The molecule has 0 aromatic rings. The first kappa shape index (κ1) is 18.3. The molecule has 2 nitrogen and oxygen atoms in total. The summed E-state index contributed by atoms with van der Waals surface area (Å²) >= 11 is -2.31. The molecule has 0 atom stereocenters. The molecular weight excluding hydrogens is 121 g/mol. The van der Waals surface area contributed by atoms with Crippen molar-refractivity contribution in [3.05, 3.63) is 0 Å². The molecule has 5 heavy (non-hydrogen) atoms. The van der Waals surface area contributed by atoms with E-state index >= 15 is 0 Å². The molecule has 0 aliphatic rings. The van der Waals surface area contributed by atoms with Gasteiger partial charge in [-0.15, -0.1) is 0 Å². The molecule has 0 bridgehead atoms. The average molecular weight is 125 g/mol. The Morgan fingerprint density at radius 1 is 1.00 bits per heavy atom. The van der Waals surface area contributed by atoms with Gasteiger partial charge in [0.1, 0.15) is 0 Å². The third kappa shape index (κ3) is 184. The van der Waals surface area contributed by atoms with Gasteiger partial charge in [0, 0.05) is 0 Å². The summed E-state index contributed by atoms with van der Waals surface area (Å²) < 4.78 is 19.4. The van der Waals surface area contributed by atoms with Gasteiger partial charge in [-0.05, 0) is 0 Å². The van der Waals surface area contributed by atoms with E-state index in [0.29, 0.717) is 0 Å². The number of hydrogen-bond donors (Lipinski definition) is 0. The summed E-state index contributed by atoms with van der Waals surface area (Å²) in [5.41, 5.74) is 0. The zero-order chi connectivity index (χ0) is 2.71. The zero-order valence-electron chi connectivity index (χ0n) is 2.20. The monoisotopic (exact) mass is 125 g/mol. The van der Waals surface area contributed by atoms with Gasteiger partial charge >= 0.3 is 24.1 Å². The van der Waals surface area contributed by atoms with Gasteiger partial charge in [-0.2, -0.15) is 0 Å². The van der Waals surface area contributed by atoms with E-state index in [1.54, 1.807) is 0 Å². The second-order valence-corrected chi connectivity index (χ2v) is 0.263. The Labute approximate surface area is 35.9 Å². The summed E-state index contributed by atoms with van der Waals surface area (Å²) in [6.45, 7) is 0. The minimum absolute atomic E-state index is 0. The van der Waals surface area contributed by atoms with Crippen LogP contribution in [0.3, 0.4) is 0 Å². The molecule has 0 aliphatic carbocycles. The topological polar surface area (TPSA) is 63.0 Å². The molecule has 0 radical (unpaired) electrons. The third-order valence-corrected chi connectivity index (χ3v) is 0. The summed E-state index contributed by atoms with van der Waals surface area (Å²) in [6.07, 6.45) is 0. The quantitative estimate of drug-likeness (QED) is 0.406. The second-order valence-electron chi connectivity index (χ2n) is 0.0639. The van der Waals surface area contributed by atoms with Crippen LogP contribution in [-0.2, 0) is 17.3 Å². The number of halogens is 2. The maximum absolute atomic E-state index is 9.72. The first-order chi connectivity index (χ1) is 1.41. The zero-order valence-corrected chi connectivity index (χ0v) is 3.60. The molecule has 0 heterocycles. The van der Waals surface area contributed by atoms with E-state index in [0.717, 1.165) is 0 Å². The molecule has 0 spiro atoms. The van der Waals surface area contributed by atoms with Crippen LogP contribution in [0, 0.1) is 0 Å². The second kappa shape index (κ2) is 26.5. The molecule has 0 unspecified atom stereocenters. The molecular formula is H4F2O2V. The Morgan fingerprint density at radius 3 is 1.00 bits per heavy atom. The van der Waals surface area contributed by atoms with Gasteiger partial charge in [0.05, 0.1) is 0 Å². The molecule has 0 aliphatic heterocycles. The molecule has 0 aromatic carbocycles. The number of rotatable bonds is 0. The van der Waals surface area contributed by atoms with Gasteiger partial charge in [-0.3, -0.25) is 0 Å². The van der Waals surface area contributed by atoms with Crippen molar-refractivity contribution in [3.8, 4) is 0 Å². The fourth-order valence-corrected chi connectivity index (χ4v) is 0. The van der Waals surface area contributed by atoms with Crippen molar-refractivity contribution in [2.24, 2.45) is 0 Å². The van der Waals surface area contributed by atoms with E-state index in [1.807, 2.05) is 0 Å². The van der Waals surface area contributed by atoms with E-state index in [4.69, 9.17) is 0 Å². The van der Waals surface area contributed by atoms with Gasteiger partial charge in [0.15, 0.2) is 0 Å². The molecule has 5 heteroatoms. The molecule has 0 fully saturated rings. The van der Waals surface area contributed by atoms with Crippen LogP contribution in [0.15, 0.2) is 0 Å². The standard InChI is InChI=1S/2FH.2H2O.V/h2*1H;2*1H2;/q;;;;+2/p-2. The van der Waals surface area contributed by atoms with E-state index < -0.39 is 17.3 Å². The molecule has 0 saturated carbocycles. The van der Waals surface area contributed by atoms with E-state index in [1.165, 1.54) is 0 Å². The van der Waals surface area contributed by atoms with Crippen LogP contribution in [-0.4, -0.2) is 11.0 Å². The van der Waals surface area contributed by atoms with Crippen molar-refractivity contribution in [2.45, 2.75) is 0 Å². The molecule has 0 saturated heterocycles. The molecule has 0 aromatic heterocycles. The summed E-state index contributed by atoms with van der Waals surface area (Å²) in [6, 6.07) is 0. The Morgan fingerprint density at radius 2 is 1.00 bits per heavy atom. The van der Waals surface area contributed by atoms with Crippen molar-refractivity contribution in [1.29, 1.82) is 0 Å². The Kier molecular flexibility index (Phi) is 97.0. The van der Waals surface area contributed by atoms with Crippen molar-refractivity contribution in [2.75, 3.05) is 0 Å². The third-order valence-electron chi connectivity index (χ3n) is 0. The fraction of sp³-hybridized carbons (Fsp3) is 0. The predicted octanol–water partition coefficient (Wildman–Crippen LogP) is -0.811. The van der Waals surface area contributed by atoms with Crippen molar-refractivity contribution >= 4 is 0 Å². The van der Waals surface area contributed by atoms with E-state index in [-0.39, 0.29) is 11.0 Å². The van der Waals surface area contributed by atoms with E-state index in [9.17, 15) is 6.82 Å². The van der Waals surface area contributed by atoms with Crippen LogP contribution in [0.1, 0.15) is 0 Å². The van der Waals surface area contributed by atoms with Gasteiger partial charge < -0.3 is 11.0 Å². The molecule has 0 amide bonds. The van der Waals surface area contributed by atoms with Gasteiger partial charge in [0.25, 0.3) is 0 Å². The average Bonchev–Trinajstić information content (AvgIpc) is 0.918. The van der Waals surface area contributed by atoms with Crippen LogP contribution < -0.4 is 0 Å². The summed E-state index contributed by atoms with van der Waals surface area (Å²) in [7, 11) is 0. The Balaban J connectivity index is -0.0000000200. The first-order valence-electron chi connectivity index (χ1n) is 0.338. The Bertz CT molecular complexity index is 7.61. The van der Waals surface area contributed by atoms with Crippen LogP contribution in [0.5, 0.6) is 0 Å². The summed E-state index contributed by atoms with van der Waals surface area (Å²) in [4.78, 5) is 0. The van der Waals surface area contributed by atoms with Crippen LogP contribution >= 0.6 is 0 Å². The van der Waals surface area contributed by atoms with Crippen LogP contribution in [0.4, 0.5) is 6.82 Å². The Hall–Kier alpha value is 0.364. The van der Waals surface area contributed by atoms with Crippen molar-refractivity contribution in [3.63, 3.8) is 0 Å².